The van der Waals surface area contributed by atoms with Gasteiger partial charge in [-0.2, -0.15) is 11.8 Å². The van der Waals surface area contributed by atoms with Crippen molar-refractivity contribution >= 4 is 58.2 Å². The van der Waals surface area contributed by atoms with E-state index in [1.165, 1.54) is 11.8 Å². The van der Waals surface area contributed by atoms with E-state index in [0.717, 1.165) is 10.9 Å². The number of carboxylic acid groups (broad SMARTS) is 2. The van der Waals surface area contributed by atoms with Gasteiger partial charge in [-0.3, -0.25) is 24.0 Å². The number of fused-ring (bicyclic) bond motifs is 1. The smallest absolute Gasteiger partial charge is 0.326 e. The molecule has 0 aliphatic heterocycles. The quantitative estimate of drug-likeness (QED) is 0.114. The average Bonchev–Trinajstić information content (AvgIpc) is 3.30. The highest BCUT2D eigenvalue weighted by molar-refractivity contribution is 7.98. The van der Waals surface area contributed by atoms with Gasteiger partial charge in [0.1, 0.15) is 18.1 Å². The number of nitrogens with one attached hydrogen (secondary N) is 4. The van der Waals surface area contributed by atoms with Crippen LogP contribution in [0, 0.1) is 0 Å². The van der Waals surface area contributed by atoms with Crippen LogP contribution in [0.3, 0.4) is 0 Å². The summed E-state index contributed by atoms with van der Waals surface area (Å²) < 4.78 is 0. The largest absolute Gasteiger partial charge is 0.481 e. The molecule has 0 fully saturated rings. The van der Waals surface area contributed by atoms with Gasteiger partial charge in [0.05, 0.1) is 12.5 Å². The van der Waals surface area contributed by atoms with Crippen molar-refractivity contribution in [3.05, 3.63) is 36.0 Å². The summed E-state index contributed by atoms with van der Waals surface area (Å²) in [6.45, 7) is 0. The third-order valence-corrected chi connectivity index (χ3v) is 6.65. The van der Waals surface area contributed by atoms with Gasteiger partial charge in [0.25, 0.3) is 0 Å². The number of amides is 4. The van der Waals surface area contributed by atoms with Crippen LogP contribution >= 0.6 is 11.8 Å². The van der Waals surface area contributed by atoms with Crippen molar-refractivity contribution < 1.29 is 39.0 Å². The lowest BCUT2D eigenvalue weighted by molar-refractivity contribution is -0.142. The van der Waals surface area contributed by atoms with Gasteiger partial charge >= 0.3 is 11.9 Å². The standard InChI is InChI=1S/C25H34N6O8S/c1-40-9-8-17(29-24(37)18(11-20(27)32)30-22(35)15(26)6-7-21(33)34)23(36)31-19(25(38)39)10-13-12-28-16-5-3-2-4-14(13)16/h2-5,12,15,17-19,28H,6-11,26H2,1H3,(H2,27,32)(H,29,37)(H,30,35)(H,31,36)(H,33,34)(H,38,39). The minimum atomic E-state index is -1.49. The summed E-state index contributed by atoms with van der Waals surface area (Å²) in [6, 6.07) is 2.03. The summed E-state index contributed by atoms with van der Waals surface area (Å²) in [6.07, 6.45) is 2.33. The first-order valence-electron chi connectivity index (χ1n) is 12.4. The molecule has 0 aliphatic rings. The predicted molar refractivity (Wildman–Crippen MR) is 147 cm³/mol. The zero-order valence-corrected chi connectivity index (χ0v) is 22.7. The van der Waals surface area contributed by atoms with Crippen molar-refractivity contribution in [2.75, 3.05) is 12.0 Å². The van der Waals surface area contributed by atoms with Gasteiger partial charge in [-0.15, -0.1) is 0 Å². The van der Waals surface area contributed by atoms with Crippen molar-refractivity contribution in [2.24, 2.45) is 11.5 Å². The van der Waals surface area contributed by atoms with E-state index >= 15 is 0 Å². The number of rotatable bonds is 17. The number of primary amides is 1. The molecule has 0 bridgehead atoms. The molecule has 0 radical (unpaired) electrons. The third kappa shape index (κ3) is 9.89. The second-order valence-electron chi connectivity index (χ2n) is 9.08. The van der Waals surface area contributed by atoms with Crippen LogP contribution in [-0.4, -0.2) is 86.9 Å². The van der Waals surface area contributed by atoms with Crippen LogP contribution in [0.4, 0.5) is 0 Å². The van der Waals surface area contributed by atoms with Gasteiger partial charge in [0.2, 0.25) is 23.6 Å². The first-order chi connectivity index (χ1) is 18.9. The highest BCUT2D eigenvalue weighted by Gasteiger charge is 2.31. The number of carbonyl (C=O) groups is 6. The van der Waals surface area contributed by atoms with Crippen LogP contribution in [0.15, 0.2) is 30.5 Å². The number of para-hydroxylation sites is 1. The first kappa shape index (κ1) is 32.1. The van der Waals surface area contributed by atoms with Crippen LogP contribution in [0.1, 0.15) is 31.2 Å². The van der Waals surface area contributed by atoms with E-state index in [9.17, 15) is 33.9 Å². The van der Waals surface area contributed by atoms with Crippen LogP contribution in [0.2, 0.25) is 0 Å². The van der Waals surface area contributed by atoms with Gasteiger partial charge < -0.3 is 42.6 Å². The second kappa shape index (κ2) is 15.5. The van der Waals surface area contributed by atoms with Crippen molar-refractivity contribution in [1.82, 2.24) is 20.9 Å². The number of aromatic amines is 1. The number of nitrogens with two attached hydrogens (primary N) is 2. The maximum atomic E-state index is 13.2. The Morgan fingerprint density at radius 2 is 1.55 bits per heavy atom. The van der Waals surface area contributed by atoms with E-state index in [-0.39, 0.29) is 25.7 Å². The highest BCUT2D eigenvalue weighted by atomic mass is 32.2. The van der Waals surface area contributed by atoms with Crippen molar-refractivity contribution in [3.8, 4) is 0 Å². The summed E-state index contributed by atoms with van der Waals surface area (Å²) in [5.41, 5.74) is 12.4. The Balaban J connectivity index is 2.15. The predicted octanol–water partition coefficient (Wildman–Crippen LogP) is -0.930. The zero-order chi connectivity index (χ0) is 29.8. The molecule has 40 heavy (non-hydrogen) atoms. The van der Waals surface area contributed by atoms with E-state index < -0.39 is 66.2 Å². The van der Waals surface area contributed by atoms with Crippen molar-refractivity contribution in [3.63, 3.8) is 0 Å². The van der Waals surface area contributed by atoms with Crippen molar-refractivity contribution in [2.45, 2.75) is 56.3 Å². The summed E-state index contributed by atoms with van der Waals surface area (Å²) in [5, 5.41) is 26.6. The lowest BCUT2D eigenvalue weighted by Crippen LogP contribution is -2.58. The maximum absolute atomic E-state index is 13.2. The molecule has 15 heteroatoms. The van der Waals surface area contributed by atoms with Gasteiger partial charge in [0.15, 0.2) is 0 Å². The number of aliphatic carboxylic acids is 2. The van der Waals surface area contributed by atoms with Gasteiger partial charge in [-0.25, -0.2) is 4.79 Å². The fraction of sp³-hybridized carbons (Fsp3) is 0.440. The van der Waals surface area contributed by atoms with Crippen LogP contribution < -0.4 is 27.4 Å². The molecule has 0 saturated carbocycles. The molecule has 1 heterocycles. The molecule has 0 spiro atoms. The monoisotopic (exact) mass is 578 g/mol. The SMILES string of the molecule is CSCCC(NC(=O)C(CC(N)=O)NC(=O)C(N)CCC(=O)O)C(=O)NC(Cc1c[nH]c2ccccc12)C(=O)O. The van der Waals surface area contributed by atoms with Gasteiger partial charge in [-0.05, 0) is 36.5 Å². The molecule has 0 saturated heterocycles. The molecule has 4 atom stereocenters. The lowest BCUT2D eigenvalue weighted by Gasteiger charge is -2.24. The molecule has 1 aromatic heterocycles. The third-order valence-electron chi connectivity index (χ3n) is 6.00. The lowest BCUT2D eigenvalue weighted by atomic mass is 10.0. The number of aromatic nitrogens is 1. The first-order valence-corrected chi connectivity index (χ1v) is 13.8. The zero-order valence-electron chi connectivity index (χ0n) is 21.8. The van der Waals surface area contributed by atoms with Gasteiger partial charge in [-0.1, -0.05) is 18.2 Å². The molecule has 4 unspecified atom stereocenters. The van der Waals surface area contributed by atoms with E-state index in [2.05, 4.69) is 20.9 Å². The molecular weight excluding hydrogens is 544 g/mol. The minimum absolute atomic E-state index is 0.0249. The van der Waals surface area contributed by atoms with Crippen molar-refractivity contribution in [1.29, 1.82) is 0 Å². The summed E-state index contributed by atoms with van der Waals surface area (Å²) in [5.74, 6) is -5.50. The normalized spacial score (nSPS) is 13.9. The van der Waals surface area contributed by atoms with Gasteiger partial charge in [0, 0.05) is 29.9 Å². The number of carbonyl (C=O) groups excluding carboxylic acids is 4. The average molecular weight is 579 g/mol. The number of hydrogen-bond donors (Lipinski definition) is 8. The van der Waals surface area contributed by atoms with E-state index in [0.29, 0.717) is 11.3 Å². The highest BCUT2D eigenvalue weighted by Crippen LogP contribution is 2.19. The second-order valence-corrected chi connectivity index (χ2v) is 10.1. The van der Waals surface area contributed by atoms with Crippen LogP contribution in [0.5, 0.6) is 0 Å². The number of carboxylic acids is 2. The van der Waals surface area contributed by atoms with Crippen LogP contribution in [0.25, 0.3) is 10.9 Å². The molecule has 10 N–H and O–H groups in total. The number of thioether (sulfide) groups is 1. The molecule has 2 rings (SSSR count). The molecule has 1 aromatic carbocycles. The summed E-state index contributed by atoms with van der Waals surface area (Å²) >= 11 is 1.39. The van der Waals surface area contributed by atoms with E-state index in [1.54, 1.807) is 12.5 Å². The summed E-state index contributed by atoms with van der Waals surface area (Å²) in [4.78, 5) is 76.0. The topological polar surface area (TPSA) is 247 Å². The Morgan fingerprint density at radius 3 is 2.17 bits per heavy atom. The molecule has 4 amide bonds. The molecule has 0 aliphatic carbocycles. The molecule has 218 valence electrons. The maximum Gasteiger partial charge on any atom is 0.326 e. The minimum Gasteiger partial charge on any atom is -0.481 e. The fourth-order valence-electron chi connectivity index (χ4n) is 3.87. The van der Waals surface area contributed by atoms with E-state index in [1.807, 2.05) is 24.3 Å². The molecule has 2 aromatic rings. The number of benzene rings is 1. The Morgan fingerprint density at radius 1 is 0.925 bits per heavy atom. The Bertz CT molecular complexity index is 1230. The molecule has 14 nitrogen and oxygen atoms in total. The van der Waals surface area contributed by atoms with E-state index in [4.69, 9.17) is 16.6 Å². The Kier molecular flexibility index (Phi) is 12.4. The number of hydrogen-bond acceptors (Lipinski definition) is 8. The fourth-order valence-corrected chi connectivity index (χ4v) is 4.34. The molecular formula is C25H34N6O8S. The summed E-state index contributed by atoms with van der Waals surface area (Å²) in [7, 11) is 0. The number of H-pyrrole nitrogens is 1. The Labute approximate surface area is 234 Å². The van der Waals surface area contributed by atoms with Crippen LogP contribution in [-0.2, 0) is 35.2 Å². The Hall–Kier alpha value is -4.11.